The number of hydrogen-bond donors (Lipinski definition) is 1. The number of nitrogens with one attached hydrogen (secondary N) is 1. The first kappa shape index (κ1) is 18.0. The summed E-state index contributed by atoms with van der Waals surface area (Å²) in [7, 11) is 0. The molecule has 0 fully saturated rings. The van der Waals surface area contributed by atoms with Crippen molar-refractivity contribution in [1.82, 2.24) is 9.97 Å². The van der Waals surface area contributed by atoms with Gasteiger partial charge in [-0.3, -0.25) is 20.2 Å². The number of non-ortho nitro benzene ring substituents is 1. The molecule has 29 heavy (non-hydrogen) atoms. The maximum absolute atomic E-state index is 11.4. The lowest BCUT2D eigenvalue weighted by atomic mass is 10.1. The predicted molar refractivity (Wildman–Crippen MR) is 108 cm³/mol. The summed E-state index contributed by atoms with van der Waals surface area (Å²) in [6.45, 7) is 0. The fourth-order valence-corrected chi connectivity index (χ4v) is 2.92. The lowest BCUT2D eigenvalue weighted by Crippen LogP contribution is -2.01. The molecule has 0 spiro atoms. The molecule has 9 heteroatoms. The van der Waals surface area contributed by atoms with Gasteiger partial charge in [0, 0.05) is 29.3 Å². The zero-order chi connectivity index (χ0) is 20.4. The number of nitrogens with zero attached hydrogens (tertiary/aromatic N) is 4. The fraction of sp³-hybridized carbons (Fsp3) is 0. The molecule has 3 aromatic carbocycles. The molecule has 0 saturated carbocycles. The standard InChI is InChI=1S/C20H13N5O4/c26-24(27)14-11-9-13(10-12-14)21-19-15-5-1-3-7-17(15)22-20(23-19)16-6-2-4-8-18(16)25(28)29/h1-12H,(H,21,22,23). The van der Waals surface area contributed by atoms with E-state index in [1.807, 2.05) is 18.2 Å². The van der Waals surface area contributed by atoms with Gasteiger partial charge < -0.3 is 5.32 Å². The zero-order valence-electron chi connectivity index (χ0n) is 14.9. The molecule has 9 nitrogen and oxygen atoms in total. The van der Waals surface area contributed by atoms with E-state index in [0.29, 0.717) is 28.0 Å². The number of hydrogen-bond acceptors (Lipinski definition) is 7. The first-order valence-electron chi connectivity index (χ1n) is 8.55. The quantitative estimate of drug-likeness (QED) is 0.383. The van der Waals surface area contributed by atoms with Gasteiger partial charge in [-0.05, 0) is 30.3 Å². The number of aromatic nitrogens is 2. The largest absolute Gasteiger partial charge is 0.340 e. The van der Waals surface area contributed by atoms with Crippen molar-refractivity contribution in [2.75, 3.05) is 5.32 Å². The van der Waals surface area contributed by atoms with E-state index in [1.165, 1.54) is 18.2 Å². The maximum Gasteiger partial charge on any atom is 0.280 e. The summed E-state index contributed by atoms with van der Waals surface area (Å²) in [4.78, 5) is 30.3. The number of para-hydroxylation sites is 2. The van der Waals surface area contributed by atoms with Crippen molar-refractivity contribution in [3.05, 3.63) is 93.0 Å². The number of nitro benzene ring substituents is 2. The Morgan fingerprint density at radius 2 is 1.45 bits per heavy atom. The normalized spacial score (nSPS) is 10.6. The van der Waals surface area contributed by atoms with Gasteiger partial charge in [0.2, 0.25) is 0 Å². The second kappa shape index (κ2) is 7.31. The number of nitro groups is 2. The van der Waals surface area contributed by atoms with Gasteiger partial charge in [0.05, 0.1) is 20.9 Å². The van der Waals surface area contributed by atoms with Crippen LogP contribution in [-0.2, 0) is 0 Å². The molecule has 0 saturated heterocycles. The second-order valence-electron chi connectivity index (χ2n) is 6.12. The van der Waals surface area contributed by atoms with E-state index < -0.39 is 9.85 Å². The van der Waals surface area contributed by atoms with Crippen LogP contribution in [-0.4, -0.2) is 19.8 Å². The van der Waals surface area contributed by atoms with Crippen LogP contribution in [0.15, 0.2) is 72.8 Å². The van der Waals surface area contributed by atoms with Crippen LogP contribution in [0.5, 0.6) is 0 Å². The average molecular weight is 387 g/mol. The van der Waals surface area contributed by atoms with Crippen LogP contribution in [0.25, 0.3) is 22.3 Å². The van der Waals surface area contributed by atoms with Gasteiger partial charge in [-0.15, -0.1) is 0 Å². The summed E-state index contributed by atoms with van der Waals surface area (Å²) in [5, 5.41) is 26.1. The number of rotatable bonds is 5. The molecule has 0 aliphatic rings. The second-order valence-corrected chi connectivity index (χ2v) is 6.12. The minimum atomic E-state index is -0.476. The number of fused-ring (bicyclic) bond motifs is 1. The zero-order valence-corrected chi connectivity index (χ0v) is 14.9. The SMILES string of the molecule is O=[N+]([O-])c1ccc(Nc2nc(-c3ccccc3[N+](=O)[O-])nc3ccccc23)cc1. The van der Waals surface area contributed by atoms with E-state index in [0.717, 1.165) is 0 Å². The molecule has 1 N–H and O–H groups in total. The molecule has 4 rings (SSSR count). The van der Waals surface area contributed by atoms with Crippen molar-refractivity contribution < 1.29 is 9.85 Å². The Balaban J connectivity index is 1.84. The first-order valence-corrected chi connectivity index (χ1v) is 8.55. The molecule has 0 aliphatic heterocycles. The van der Waals surface area contributed by atoms with E-state index in [1.54, 1.807) is 36.4 Å². The third kappa shape index (κ3) is 3.56. The fourth-order valence-electron chi connectivity index (χ4n) is 2.92. The number of benzene rings is 3. The Hall–Kier alpha value is -4.40. The van der Waals surface area contributed by atoms with Crippen molar-refractivity contribution >= 4 is 33.8 Å². The molecule has 0 aliphatic carbocycles. The van der Waals surface area contributed by atoms with Crippen LogP contribution >= 0.6 is 0 Å². The Labute approximate surface area is 164 Å². The summed E-state index contributed by atoms with van der Waals surface area (Å²) < 4.78 is 0. The molecule has 0 bridgehead atoms. The van der Waals surface area contributed by atoms with E-state index in [2.05, 4.69) is 15.3 Å². The van der Waals surface area contributed by atoms with Gasteiger partial charge in [0.25, 0.3) is 11.4 Å². The Kier molecular flexibility index (Phi) is 4.54. The van der Waals surface area contributed by atoms with Gasteiger partial charge >= 0.3 is 0 Å². The molecule has 0 unspecified atom stereocenters. The highest BCUT2D eigenvalue weighted by atomic mass is 16.6. The molecule has 1 heterocycles. The molecule has 142 valence electrons. The van der Waals surface area contributed by atoms with E-state index in [9.17, 15) is 20.2 Å². The summed E-state index contributed by atoms with van der Waals surface area (Å²) in [6, 6.07) is 19.4. The van der Waals surface area contributed by atoms with Crippen LogP contribution in [0.3, 0.4) is 0 Å². The van der Waals surface area contributed by atoms with Crippen LogP contribution in [0.4, 0.5) is 22.9 Å². The van der Waals surface area contributed by atoms with Crippen LogP contribution in [0.2, 0.25) is 0 Å². The van der Waals surface area contributed by atoms with Crippen LogP contribution in [0.1, 0.15) is 0 Å². The molecule has 0 atom stereocenters. The van der Waals surface area contributed by atoms with Crippen molar-refractivity contribution in [3.8, 4) is 11.4 Å². The summed E-state index contributed by atoms with van der Waals surface area (Å²) in [5.41, 5.74) is 1.38. The molecular weight excluding hydrogens is 374 g/mol. The third-order valence-electron chi connectivity index (χ3n) is 4.29. The topological polar surface area (TPSA) is 124 Å². The highest BCUT2D eigenvalue weighted by Gasteiger charge is 2.18. The van der Waals surface area contributed by atoms with Crippen LogP contribution in [0, 0.1) is 20.2 Å². The van der Waals surface area contributed by atoms with Crippen LogP contribution < -0.4 is 5.32 Å². The molecule has 0 radical (unpaired) electrons. The van der Waals surface area contributed by atoms with E-state index in [4.69, 9.17) is 0 Å². The lowest BCUT2D eigenvalue weighted by Gasteiger charge is -2.11. The molecule has 1 aromatic heterocycles. The summed E-state index contributed by atoms with van der Waals surface area (Å²) in [6.07, 6.45) is 0. The molecule has 0 amide bonds. The van der Waals surface area contributed by atoms with Gasteiger partial charge in [-0.2, -0.15) is 0 Å². The average Bonchev–Trinajstić information content (AvgIpc) is 2.74. The predicted octanol–water partition coefficient (Wildman–Crippen LogP) is 4.86. The van der Waals surface area contributed by atoms with Crippen molar-refractivity contribution in [2.24, 2.45) is 0 Å². The Morgan fingerprint density at radius 1 is 0.759 bits per heavy atom. The highest BCUT2D eigenvalue weighted by Crippen LogP contribution is 2.31. The Bertz CT molecular complexity index is 1240. The molecule has 4 aromatic rings. The first-order chi connectivity index (χ1) is 14.0. The minimum absolute atomic E-state index is 0.0244. The van der Waals surface area contributed by atoms with Gasteiger partial charge in [0.1, 0.15) is 5.82 Å². The number of anilines is 2. The Morgan fingerprint density at radius 3 is 2.17 bits per heavy atom. The highest BCUT2D eigenvalue weighted by molar-refractivity contribution is 5.92. The monoisotopic (exact) mass is 387 g/mol. The van der Waals surface area contributed by atoms with Crippen molar-refractivity contribution in [1.29, 1.82) is 0 Å². The summed E-state index contributed by atoms with van der Waals surface area (Å²) in [5.74, 6) is 0.651. The van der Waals surface area contributed by atoms with Crippen molar-refractivity contribution in [3.63, 3.8) is 0 Å². The summed E-state index contributed by atoms with van der Waals surface area (Å²) >= 11 is 0. The lowest BCUT2D eigenvalue weighted by molar-refractivity contribution is -0.384. The van der Waals surface area contributed by atoms with Gasteiger partial charge in [0.15, 0.2) is 5.82 Å². The van der Waals surface area contributed by atoms with Gasteiger partial charge in [-0.1, -0.05) is 24.3 Å². The third-order valence-corrected chi connectivity index (χ3v) is 4.29. The van der Waals surface area contributed by atoms with Gasteiger partial charge in [-0.25, -0.2) is 9.97 Å². The maximum atomic E-state index is 11.4. The van der Waals surface area contributed by atoms with Crippen molar-refractivity contribution in [2.45, 2.75) is 0 Å². The molecular formula is C20H13N5O4. The van der Waals surface area contributed by atoms with E-state index in [-0.39, 0.29) is 17.2 Å². The van der Waals surface area contributed by atoms with E-state index >= 15 is 0 Å². The minimum Gasteiger partial charge on any atom is -0.340 e. The smallest absolute Gasteiger partial charge is 0.280 e.